The van der Waals surface area contributed by atoms with E-state index in [9.17, 15) is 18.0 Å². The molecule has 0 spiro atoms. The van der Waals surface area contributed by atoms with E-state index in [1.807, 2.05) is 0 Å². The number of nitrogens with zero attached hydrogens (tertiary/aromatic N) is 1. The van der Waals surface area contributed by atoms with Crippen molar-refractivity contribution < 1.29 is 23.1 Å². The van der Waals surface area contributed by atoms with Gasteiger partial charge in [0, 0.05) is 12.2 Å². The molecule has 0 aromatic carbocycles. The molecule has 1 rings (SSSR count). The Morgan fingerprint density at radius 3 is 2.59 bits per heavy atom. The molecule has 0 aliphatic heterocycles. The molecule has 0 bridgehead atoms. The van der Waals surface area contributed by atoms with Crippen LogP contribution in [0.1, 0.15) is 23.7 Å². The lowest BCUT2D eigenvalue weighted by Gasteiger charge is -2.16. The van der Waals surface area contributed by atoms with Crippen molar-refractivity contribution in [2.75, 3.05) is 5.32 Å². The summed E-state index contributed by atoms with van der Waals surface area (Å²) < 4.78 is 36.1. The molecule has 0 amide bonds. The van der Waals surface area contributed by atoms with Crippen molar-refractivity contribution in [2.45, 2.75) is 25.6 Å². The Morgan fingerprint density at radius 2 is 2.18 bits per heavy atom. The Hall–Kier alpha value is -1.79. The maximum Gasteiger partial charge on any atom is 0.391 e. The smallest absolute Gasteiger partial charge is 0.391 e. The number of aromatic carboxylic acids is 1. The minimum atomic E-state index is -4.24. The van der Waals surface area contributed by atoms with E-state index < -0.39 is 24.6 Å². The van der Waals surface area contributed by atoms with Crippen molar-refractivity contribution in [3.8, 4) is 0 Å². The fraction of sp³-hybridized carbons (Fsp3) is 0.400. The predicted octanol–water partition coefficient (Wildman–Crippen LogP) is 2.53. The summed E-state index contributed by atoms with van der Waals surface area (Å²) in [6.07, 6.45) is -4.13. The first-order valence-electron chi connectivity index (χ1n) is 4.80. The quantitative estimate of drug-likeness (QED) is 0.859. The standard InChI is InChI=1S/C10H11F3N2O2/c1-6(4-10(11,12)13)15-8-3-2-7(5-14-8)9(16)17/h2-3,5-6H,4H2,1H3,(H,14,15)(H,16,17). The van der Waals surface area contributed by atoms with Crippen LogP contribution in [-0.4, -0.2) is 28.3 Å². The van der Waals surface area contributed by atoms with Crippen molar-refractivity contribution >= 4 is 11.8 Å². The third-order valence-electron chi connectivity index (χ3n) is 1.94. The van der Waals surface area contributed by atoms with Gasteiger partial charge in [0.1, 0.15) is 5.82 Å². The Balaban J connectivity index is 2.60. The van der Waals surface area contributed by atoms with Gasteiger partial charge in [-0.15, -0.1) is 0 Å². The molecule has 94 valence electrons. The molecule has 1 atom stereocenters. The Labute approximate surface area is 95.5 Å². The number of halogens is 3. The van der Waals surface area contributed by atoms with Crippen LogP contribution in [0, 0.1) is 0 Å². The average Bonchev–Trinajstić information content (AvgIpc) is 2.15. The lowest BCUT2D eigenvalue weighted by molar-refractivity contribution is -0.136. The number of carboxylic acid groups (broad SMARTS) is 1. The number of anilines is 1. The summed E-state index contributed by atoms with van der Waals surface area (Å²) in [5, 5.41) is 11.1. The molecule has 1 aromatic heterocycles. The fourth-order valence-electron chi connectivity index (χ4n) is 1.26. The van der Waals surface area contributed by atoms with E-state index in [1.54, 1.807) is 0 Å². The summed E-state index contributed by atoms with van der Waals surface area (Å²) in [6.45, 7) is 1.38. The molecule has 1 unspecified atom stereocenters. The molecule has 4 nitrogen and oxygen atoms in total. The van der Waals surface area contributed by atoms with Crippen LogP contribution in [-0.2, 0) is 0 Å². The first-order valence-corrected chi connectivity index (χ1v) is 4.80. The zero-order valence-electron chi connectivity index (χ0n) is 8.95. The number of carbonyl (C=O) groups is 1. The first kappa shape index (κ1) is 13.3. The lowest BCUT2D eigenvalue weighted by atomic mass is 10.2. The highest BCUT2D eigenvalue weighted by Crippen LogP contribution is 2.22. The predicted molar refractivity (Wildman–Crippen MR) is 55.0 cm³/mol. The summed E-state index contributed by atoms with van der Waals surface area (Å²) in [5.41, 5.74) is -0.0148. The zero-order valence-corrected chi connectivity index (χ0v) is 8.95. The van der Waals surface area contributed by atoms with Crippen LogP contribution < -0.4 is 5.32 Å². The molecule has 0 aliphatic carbocycles. The maximum absolute atomic E-state index is 12.0. The minimum absolute atomic E-state index is 0.0148. The van der Waals surface area contributed by atoms with Gasteiger partial charge in [-0.1, -0.05) is 0 Å². The normalized spacial score (nSPS) is 13.2. The van der Waals surface area contributed by atoms with Crippen LogP contribution in [0.4, 0.5) is 19.0 Å². The van der Waals surface area contributed by atoms with Gasteiger partial charge < -0.3 is 10.4 Å². The first-order chi connectivity index (χ1) is 7.78. The Kier molecular flexibility index (Phi) is 3.93. The SMILES string of the molecule is CC(CC(F)(F)F)Nc1ccc(C(=O)O)cn1. The van der Waals surface area contributed by atoms with Crippen LogP contribution in [0.5, 0.6) is 0 Å². The van der Waals surface area contributed by atoms with Crippen molar-refractivity contribution in [3.05, 3.63) is 23.9 Å². The topological polar surface area (TPSA) is 62.2 Å². The summed E-state index contributed by atoms with van der Waals surface area (Å²) in [5.74, 6) is -0.917. The summed E-state index contributed by atoms with van der Waals surface area (Å²) >= 11 is 0. The highest BCUT2D eigenvalue weighted by molar-refractivity contribution is 5.87. The number of hydrogen-bond acceptors (Lipinski definition) is 3. The second-order valence-electron chi connectivity index (χ2n) is 3.60. The van der Waals surface area contributed by atoms with Crippen molar-refractivity contribution in [1.29, 1.82) is 0 Å². The summed E-state index contributed by atoms with van der Waals surface area (Å²) in [6, 6.07) is 1.78. The molecule has 0 saturated heterocycles. The molecule has 0 radical (unpaired) electrons. The van der Waals surface area contributed by atoms with Gasteiger partial charge in [-0.2, -0.15) is 13.2 Å². The van der Waals surface area contributed by atoms with E-state index in [0.29, 0.717) is 0 Å². The van der Waals surface area contributed by atoms with E-state index in [0.717, 1.165) is 6.20 Å². The summed E-state index contributed by atoms with van der Waals surface area (Å²) in [7, 11) is 0. The van der Waals surface area contributed by atoms with Crippen LogP contribution in [0.15, 0.2) is 18.3 Å². The molecule has 17 heavy (non-hydrogen) atoms. The van der Waals surface area contributed by atoms with E-state index >= 15 is 0 Å². The molecule has 0 fully saturated rings. The molecular formula is C10H11F3N2O2. The summed E-state index contributed by atoms with van der Waals surface area (Å²) in [4.78, 5) is 14.2. The third-order valence-corrected chi connectivity index (χ3v) is 1.94. The number of hydrogen-bond donors (Lipinski definition) is 2. The van der Waals surface area contributed by atoms with E-state index in [2.05, 4.69) is 10.3 Å². The van der Waals surface area contributed by atoms with Gasteiger partial charge in [0.15, 0.2) is 0 Å². The van der Waals surface area contributed by atoms with E-state index in [-0.39, 0.29) is 11.4 Å². The van der Waals surface area contributed by atoms with Crippen LogP contribution >= 0.6 is 0 Å². The maximum atomic E-state index is 12.0. The number of pyridine rings is 1. The van der Waals surface area contributed by atoms with Crippen molar-refractivity contribution in [2.24, 2.45) is 0 Å². The van der Waals surface area contributed by atoms with Gasteiger partial charge in [-0.05, 0) is 19.1 Å². The van der Waals surface area contributed by atoms with E-state index in [1.165, 1.54) is 19.1 Å². The van der Waals surface area contributed by atoms with Gasteiger partial charge in [0.25, 0.3) is 0 Å². The molecule has 0 aliphatic rings. The van der Waals surface area contributed by atoms with Crippen molar-refractivity contribution in [3.63, 3.8) is 0 Å². The number of aromatic nitrogens is 1. The average molecular weight is 248 g/mol. The molecule has 1 heterocycles. The zero-order chi connectivity index (χ0) is 13.1. The lowest BCUT2D eigenvalue weighted by Crippen LogP contribution is -2.24. The highest BCUT2D eigenvalue weighted by atomic mass is 19.4. The van der Waals surface area contributed by atoms with Gasteiger partial charge in [-0.25, -0.2) is 9.78 Å². The van der Waals surface area contributed by atoms with Gasteiger partial charge in [-0.3, -0.25) is 0 Å². The number of carboxylic acids is 1. The third kappa shape index (κ3) is 4.71. The molecule has 0 saturated carbocycles. The van der Waals surface area contributed by atoms with Crippen molar-refractivity contribution in [1.82, 2.24) is 4.98 Å². The second kappa shape index (κ2) is 5.03. The van der Waals surface area contributed by atoms with Crippen LogP contribution in [0.2, 0.25) is 0 Å². The highest BCUT2D eigenvalue weighted by Gasteiger charge is 2.29. The van der Waals surface area contributed by atoms with Gasteiger partial charge >= 0.3 is 12.1 Å². The van der Waals surface area contributed by atoms with Gasteiger partial charge in [0.2, 0.25) is 0 Å². The van der Waals surface area contributed by atoms with Crippen LogP contribution in [0.25, 0.3) is 0 Å². The largest absolute Gasteiger partial charge is 0.478 e. The Morgan fingerprint density at radius 1 is 1.53 bits per heavy atom. The fourth-order valence-corrected chi connectivity index (χ4v) is 1.26. The van der Waals surface area contributed by atoms with Gasteiger partial charge in [0.05, 0.1) is 12.0 Å². The minimum Gasteiger partial charge on any atom is -0.478 e. The molecule has 1 aromatic rings. The monoisotopic (exact) mass is 248 g/mol. The number of nitrogens with one attached hydrogen (secondary N) is 1. The molecule has 7 heteroatoms. The number of alkyl halides is 3. The second-order valence-corrected chi connectivity index (χ2v) is 3.60. The van der Waals surface area contributed by atoms with Crippen LogP contribution in [0.3, 0.4) is 0 Å². The molecule has 2 N–H and O–H groups in total. The molecular weight excluding hydrogens is 237 g/mol. The Bertz CT molecular complexity index is 390. The van der Waals surface area contributed by atoms with E-state index in [4.69, 9.17) is 5.11 Å². The number of rotatable bonds is 4.